The zero-order valence-electron chi connectivity index (χ0n) is 20.1. The van der Waals surface area contributed by atoms with Gasteiger partial charge in [0.2, 0.25) is 0 Å². The molecule has 4 atom stereocenters. The van der Waals surface area contributed by atoms with E-state index in [0.717, 1.165) is 22.8 Å². The largest absolute Gasteiger partial charge is 0.359 e. The molecular weight excluding hydrogens is 394 g/mol. The van der Waals surface area contributed by atoms with Crippen LogP contribution in [-0.2, 0) is 10.8 Å². The summed E-state index contributed by atoms with van der Waals surface area (Å²) in [5, 5.41) is 8.21. The molecule has 4 aliphatic carbocycles. The molecule has 2 N–H and O–H groups in total. The number of fused-ring (bicyclic) bond motifs is 10. The van der Waals surface area contributed by atoms with Crippen LogP contribution in [0.25, 0.3) is 22.8 Å². The van der Waals surface area contributed by atoms with Gasteiger partial charge in [0.25, 0.3) is 0 Å². The fourth-order valence-corrected chi connectivity index (χ4v) is 8.31. The van der Waals surface area contributed by atoms with E-state index in [2.05, 4.69) is 62.8 Å². The third-order valence-electron chi connectivity index (χ3n) is 11.2. The highest BCUT2D eigenvalue weighted by molar-refractivity contribution is 5.71. The van der Waals surface area contributed by atoms with Gasteiger partial charge in [-0.15, -0.1) is 0 Å². The van der Waals surface area contributed by atoms with E-state index in [4.69, 9.17) is 10.1 Å². The lowest BCUT2D eigenvalue weighted by molar-refractivity contribution is 0.225. The number of nitrogens with one attached hydrogen (secondary N) is 2. The molecule has 0 spiro atoms. The van der Waals surface area contributed by atoms with Gasteiger partial charge in [-0.2, -0.15) is 5.10 Å². The molecule has 2 fully saturated rings. The molecule has 4 bridgehead atoms. The number of H-pyrrole nitrogens is 2. The molecule has 7 rings (SSSR count). The summed E-state index contributed by atoms with van der Waals surface area (Å²) in [7, 11) is 0. The van der Waals surface area contributed by atoms with E-state index in [0.29, 0.717) is 11.8 Å². The van der Waals surface area contributed by atoms with Gasteiger partial charge in [0, 0.05) is 22.9 Å². The predicted molar refractivity (Wildman–Crippen MR) is 126 cm³/mol. The predicted octanol–water partition coefficient (Wildman–Crippen LogP) is 6.21. The van der Waals surface area contributed by atoms with Crippen molar-refractivity contribution in [3.8, 4) is 22.8 Å². The highest BCUT2D eigenvalue weighted by Crippen LogP contribution is 2.70. The van der Waals surface area contributed by atoms with Gasteiger partial charge in [0.05, 0.1) is 18.1 Å². The summed E-state index contributed by atoms with van der Waals surface area (Å²) in [4.78, 5) is 13.4. The minimum absolute atomic E-state index is 0.170. The molecule has 3 aromatic heterocycles. The van der Waals surface area contributed by atoms with E-state index in [1.165, 1.54) is 48.1 Å². The second kappa shape index (κ2) is 5.37. The van der Waals surface area contributed by atoms with Crippen LogP contribution in [0.4, 0.5) is 0 Å². The van der Waals surface area contributed by atoms with Gasteiger partial charge in [-0.05, 0) is 64.9 Å². The van der Waals surface area contributed by atoms with Gasteiger partial charge in [0.1, 0.15) is 17.1 Å². The number of nitrogens with zero attached hydrogens (tertiary/aromatic N) is 3. The van der Waals surface area contributed by atoms with Gasteiger partial charge >= 0.3 is 0 Å². The topological polar surface area (TPSA) is 70.2 Å². The van der Waals surface area contributed by atoms with Crippen LogP contribution >= 0.6 is 0 Å². The fourth-order valence-electron chi connectivity index (χ4n) is 8.31. The second-order valence-corrected chi connectivity index (χ2v) is 12.4. The summed E-state index contributed by atoms with van der Waals surface area (Å²) in [6, 6.07) is 0. The summed E-state index contributed by atoms with van der Waals surface area (Å²) in [5.74, 6) is 1.12. The van der Waals surface area contributed by atoms with E-state index >= 15 is 0 Å². The first-order chi connectivity index (χ1) is 15.1. The molecule has 0 aliphatic heterocycles. The van der Waals surface area contributed by atoms with Crippen LogP contribution in [-0.4, -0.2) is 25.1 Å². The third kappa shape index (κ3) is 1.81. The lowest BCUT2D eigenvalue weighted by atomic mass is 9.69. The maximum atomic E-state index is 5.14. The van der Waals surface area contributed by atoms with Crippen molar-refractivity contribution in [2.45, 2.75) is 89.9 Å². The third-order valence-corrected chi connectivity index (χ3v) is 11.2. The first-order valence-corrected chi connectivity index (χ1v) is 12.2. The molecule has 32 heavy (non-hydrogen) atoms. The first kappa shape index (κ1) is 19.1. The number of aromatic amines is 2. The van der Waals surface area contributed by atoms with Crippen LogP contribution < -0.4 is 0 Å². The lowest BCUT2D eigenvalue weighted by Gasteiger charge is -2.35. The molecular formula is C27H33N5. The van der Waals surface area contributed by atoms with Crippen molar-refractivity contribution in [1.29, 1.82) is 0 Å². The van der Waals surface area contributed by atoms with Crippen LogP contribution in [0.2, 0.25) is 0 Å². The molecule has 0 amide bonds. The zero-order chi connectivity index (χ0) is 22.3. The molecule has 166 valence electrons. The number of hydrogen-bond acceptors (Lipinski definition) is 3. The molecule has 0 aromatic carbocycles. The van der Waals surface area contributed by atoms with Crippen molar-refractivity contribution in [2.75, 3.05) is 0 Å². The fraction of sp³-hybridized carbons (Fsp3) is 0.593. The van der Waals surface area contributed by atoms with Crippen LogP contribution in [0.1, 0.15) is 101 Å². The van der Waals surface area contributed by atoms with E-state index in [9.17, 15) is 0 Å². The SMILES string of the molecule is CC12CCC(c3c1c[nH]c3-c1cncc(-c3n[nH]c4c3C3CCC4(C)C3(C)C)n1)C2(C)C. The quantitative estimate of drug-likeness (QED) is 0.511. The summed E-state index contributed by atoms with van der Waals surface area (Å²) in [5.41, 5.74) is 10.7. The van der Waals surface area contributed by atoms with Crippen LogP contribution in [0.15, 0.2) is 18.6 Å². The summed E-state index contributed by atoms with van der Waals surface area (Å²) in [6.07, 6.45) is 11.1. The van der Waals surface area contributed by atoms with Gasteiger partial charge in [-0.1, -0.05) is 41.5 Å². The van der Waals surface area contributed by atoms with Crippen molar-refractivity contribution in [3.63, 3.8) is 0 Å². The standard InChI is InChI=1S/C27H33N5/c1-24(2)14-7-9-26(24,5)16-11-29-21(19(14)16)17-12-28-13-18(30-17)22-20-15-8-10-27(6,25(15,3)4)23(20)32-31-22/h11-15,29H,7-10H2,1-6H3,(H,31,32). The summed E-state index contributed by atoms with van der Waals surface area (Å²) in [6.45, 7) is 14.6. The summed E-state index contributed by atoms with van der Waals surface area (Å²) >= 11 is 0. The highest BCUT2D eigenvalue weighted by Gasteiger charge is 2.62. The van der Waals surface area contributed by atoms with Crippen LogP contribution in [0.3, 0.4) is 0 Å². The maximum absolute atomic E-state index is 5.14. The van der Waals surface area contributed by atoms with E-state index in [1.54, 1.807) is 0 Å². The Morgan fingerprint density at radius 1 is 0.844 bits per heavy atom. The molecule has 5 heteroatoms. The Balaban J connectivity index is 1.35. The Bertz CT molecular complexity index is 1200. The number of hydrogen-bond donors (Lipinski definition) is 2. The van der Waals surface area contributed by atoms with Gasteiger partial charge in [-0.3, -0.25) is 10.1 Å². The first-order valence-electron chi connectivity index (χ1n) is 12.2. The normalized spacial score (nSPS) is 34.8. The average Bonchev–Trinajstić information content (AvgIpc) is 3.52. The molecule has 3 heterocycles. The van der Waals surface area contributed by atoms with E-state index in [1.807, 2.05) is 12.4 Å². The van der Waals surface area contributed by atoms with Crippen molar-refractivity contribution < 1.29 is 0 Å². The smallest absolute Gasteiger partial charge is 0.116 e. The minimum atomic E-state index is 0.170. The molecule has 2 saturated carbocycles. The van der Waals surface area contributed by atoms with Crippen LogP contribution in [0.5, 0.6) is 0 Å². The van der Waals surface area contributed by atoms with Crippen molar-refractivity contribution in [2.24, 2.45) is 10.8 Å². The molecule has 0 radical (unpaired) electrons. The molecule has 5 nitrogen and oxygen atoms in total. The van der Waals surface area contributed by atoms with Crippen molar-refractivity contribution >= 4 is 0 Å². The highest BCUT2D eigenvalue weighted by atomic mass is 15.2. The van der Waals surface area contributed by atoms with Crippen LogP contribution in [0, 0.1) is 10.8 Å². The Kier molecular flexibility index (Phi) is 3.20. The van der Waals surface area contributed by atoms with Gasteiger partial charge in [-0.25, -0.2) is 4.98 Å². The minimum Gasteiger partial charge on any atom is -0.359 e. The number of aromatic nitrogens is 5. The van der Waals surface area contributed by atoms with E-state index < -0.39 is 0 Å². The van der Waals surface area contributed by atoms with Crippen molar-refractivity contribution in [1.82, 2.24) is 25.1 Å². The Labute approximate surface area is 189 Å². The Morgan fingerprint density at radius 2 is 1.50 bits per heavy atom. The zero-order valence-corrected chi connectivity index (χ0v) is 20.1. The van der Waals surface area contributed by atoms with E-state index in [-0.39, 0.29) is 21.7 Å². The number of rotatable bonds is 2. The maximum Gasteiger partial charge on any atom is 0.116 e. The van der Waals surface area contributed by atoms with Gasteiger partial charge in [0.15, 0.2) is 0 Å². The second-order valence-electron chi connectivity index (χ2n) is 12.4. The molecule has 4 unspecified atom stereocenters. The summed E-state index contributed by atoms with van der Waals surface area (Å²) < 4.78 is 0. The molecule has 0 saturated heterocycles. The monoisotopic (exact) mass is 427 g/mol. The molecule has 3 aromatic rings. The average molecular weight is 428 g/mol. The van der Waals surface area contributed by atoms with Gasteiger partial charge < -0.3 is 4.98 Å². The lowest BCUT2D eigenvalue weighted by Crippen LogP contribution is -2.32. The molecule has 4 aliphatic rings. The Hall–Kier alpha value is -2.43. The Morgan fingerprint density at radius 3 is 2.28 bits per heavy atom. The van der Waals surface area contributed by atoms with Crippen molar-refractivity contribution in [3.05, 3.63) is 41.0 Å².